The summed E-state index contributed by atoms with van der Waals surface area (Å²) in [5, 5.41) is 61.7. The van der Waals surface area contributed by atoms with E-state index in [1.54, 1.807) is 44.3 Å². The number of phenolic OH excluding ortho intramolecular Hbond substituents is 2. The Morgan fingerprint density at radius 3 is 1.46 bits per heavy atom. The summed E-state index contributed by atoms with van der Waals surface area (Å²) in [4.78, 5) is 160. The van der Waals surface area contributed by atoms with Gasteiger partial charge in [0, 0.05) is 86.0 Å². The molecule has 6 aromatic rings. The maximum Gasteiger partial charge on any atom is 0.326 e. The molecule has 0 aliphatic carbocycles. The second-order valence-electron chi connectivity index (χ2n) is 22.2. The molecule has 21 N–H and O–H groups in total. The Labute approximate surface area is 527 Å². The predicted molar refractivity (Wildman–Crippen MR) is 333 cm³/mol. The van der Waals surface area contributed by atoms with Crippen molar-refractivity contribution >= 4 is 76.1 Å². The van der Waals surface area contributed by atoms with Crippen LogP contribution in [-0.2, 0) is 80.0 Å². The van der Waals surface area contributed by atoms with E-state index in [9.17, 15) is 68.4 Å². The molecule has 31 nitrogen and oxygen atoms in total. The largest absolute Gasteiger partial charge is 0.508 e. The minimum atomic E-state index is -1.76. The molecule has 0 fully saturated rings. The Hall–Kier alpha value is -10.8. The molecule has 0 saturated carbocycles. The fourth-order valence-corrected chi connectivity index (χ4v) is 9.72. The number of hydrogen-bond donors (Lipinski definition) is 18. The van der Waals surface area contributed by atoms with E-state index in [4.69, 9.17) is 17.2 Å². The number of amides is 8. The van der Waals surface area contributed by atoms with Crippen molar-refractivity contribution < 1.29 is 68.4 Å². The summed E-state index contributed by atoms with van der Waals surface area (Å²) in [5.74, 6) is -11.2. The van der Waals surface area contributed by atoms with Crippen molar-refractivity contribution in [2.75, 3.05) is 6.54 Å². The van der Waals surface area contributed by atoms with E-state index >= 15 is 0 Å². The number of carboxylic acids is 2. The van der Waals surface area contributed by atoms with Gasteiger partial charge in [0.2, 0.25) is 47.3 Å². The van der Waals surface area contributed by atoms with Gasteiger partial charge in [-0.1, -0.05) is 62.7 Å². The predicted octanol–water partition coefficient (Wildman–Crippen LogP) is -1.19. The molecule has 0 radical (unpaired) electrons. The number of fused-ring (bicyclic) bond motifs is 1. The van der Waals surface area contributed by atoms with Gasteiger partial charge >= 0.3 is 11.9 Å². The van der Waals surface area contributed by atoms with Crippen molar-refractivity contribution in [3.63, 3.8) is 0 Å². The van der Waals surface area contributed by atoms with Crippen LogP contribution in [0.4, 0.5) is 0 Å². The molecule has 0 aliphatic heterocycles. The van der Waals surface area contributed by atoms with E-state index in [2.05, 4.69) is 72.4 Å². The number of guanidine groups is 1. The maximum atomic E-state index is 14.9. The number of para-hydroxylation sites is 1. The smallest absolute Gasteiger partial charge is 0.326 e. The van der Waals surface area contributed by atoms with Crippen LogP contribution in [0.2, 0.25) is 0 Å². The Morgan fingerprint density at radius 2 is 0.978 bits per heavy atom. The number of hydrogen-bond acceptors (Lipinski definition) is 16. The first-order chi connectivity index (χ1) is 43.9. The number of phenols is 2. The highest BCUT2D eigenvalue weighted by Gasteiger charge is 2.37. The van der Waals surface area contributed by atoms with E-state index < -0.39 is 132 Å². The second-order valence-corrected chi connectivity index (χ2v) is 22.2. The zero-order chi connectivity index (χ0) is 67.0. The Kier molecular flexibility index (Phi) is 26.1. The first-order valence-electron chi connectivity index (χ1n) is 29.6. The van der Waals surface area contributed by atoms with Crippen LogP contribution in [-0.4, -0.2) is 171 Å². The zero-order valence-corrected chi connectivity index (χ0v) is 50.8. The minimum Gasteiger partial charge on any atom is -0.508 e. The lowest BCUT2D eigenvalue weighted by Gasteiger charge is -2.29. The van der Waals surface area contributed by atoms with E-state index in [1.807, 2.05) is 0 Å². The van der Waals surface area contributed by atoms with E-state index in [0.717, 1.165) is 0 Å². The molecule has 0 aliphatic rings. The van der Waals surface area contributed by atoms with Crippen LogP contribution < -0.4 is 59.7 Å². The summed E-state index contributed by atoms with van der Waals surface area (Å²) in [6.45, 7) is 4.76. The van der Waals surface area contributed by atoms with Gasteiger partial charge in [-0.3, -0.25) is 48.1 Å². The van der Waals surface area contributed by atoms with Crippen molar-refractivity contribution in [1.82, 2.24) is 67.5 Å². The Morgan fingerprint density at radius 1 is 0.533 bits per heavy atom. The van der Waals surface area contributed by atoms with Crippen LogP contribution in [0.3, 0.4) is 0 Å². The number of aromatic amines is 3. The van der Waals surface area contributed by atoms with E-state index in [0.29, 0.717) is 45.4 Å². The third-order valence-electron chi connectivity index (χ3n) is 15.0. The zero-order valence-electron chi connectivity index (χ0n) is 50.8. The van der Waals surface area contributed by atoms with Crippen LogP contribution in [0.25, 0.3) is 10.9 Å². The summed E-state index contributed by atoms with van der Waals surface area (Å²) in [6, 6.07) is 5.27. The van der Waals surface area contributed by atoms with Crippen molar-refractivity contribution in [2.45, 2.75) is 139 Å². The molecule has 0 spiro atoms. The van der Waals surface area contributed by atoms with Gasteiger partial charge in [-0.25, -0.2) is 14.8 Å². The highest BCUT2D eigenvalue weighted by Crippen LogP contribution is 2.21. The average Bonchev–Trinajstić information content (AvgIpc) is 1.92. The molecule has 0 unspecified atom stereocenters. The highest BCUT2D eigenvalue weighted by atomic mass is 16.4. The van der Waals surface area contributed by atoms with E-state index in [-0.39, 0.29) is 68.9 Å². The highest BCUT2D eigenvalue weighted by molar-refractivity contribution is 5.99. The third kappa shape index (κ3) is 21.7. The molecule has 8 amide bonds. The van der Waals surface area contributed by atoms with Crippen LogP contribution in [0.5, 0.6) is 11.5 Å². The van der Waals surface area contributed by atoms with Gasteiger partial charge in [0.15, 0.2) is 5.96 Å². The molecule has 0 bridgehead atoms. The molecule has 92 heavy (non-hydrogen) atoms. The quantitative estimate of drug-likeness (QED) is 0.0125. The normalized spacial score (nSPS) is 14.4. The monoisotopic (exact) mass is 1270 g/mol. The van der Waals surface area contributed by atoms with Gasteiger partial charge in [0.1, 0.15) is 59.8 Å². The van der Waals surface area contributed by atoms with Crippen LogP contribution in [0, 0.1) is 5.92 Å². The number of carbonyl (C=O) groups excluding carboxylic acids is 8. The lowest BCUT2D eigenvalue weighted by molar-refractivity contribution is -0.142. The molecular formula is C61H79N17O14. The number of rotatable bonds is 36. The molecular weight excluding hydrogens is 1190 g/mol. The number of aliphatic imine (C=N–C) groups is 1. The lowest BCUT2D eigenvalue weighted by Crippen LogP contribution is -2.61. The number of nitrogens with two attached hydrogens (primary N) is 3. The number of aliphatic carboxylic acids is 2. The average molecular weight is 1270 g/mol. The number of H-pyrrole nitrogens is 3. The minimum absolute atomic E-state index is 0.0222. The first-order valence-corrected chi connectivity index (χ1v) is 29.6. The van der Waals surface area contributed by atoms with Gasteiger partial charge in [0.05, 0.1) is 18.7 Å². The van der Waals surface area contributed by atoms with Crippen molar-refractivity contribution in [1.29, 1.82) is 0 Å². The molecule has 492 valence electrons. The van der Waals surface area contributed by atoms with Crippen LogP contribution in [0.15, 0.2) is 109 Å². The first kappa shape index (κ1) is 70.2. The van der Waals surface area contributed by atoms with Crippen LogP contribution in [0.1, 0.15) is 81.0 Å². The Balaban J connectivity index is 1.30. The summed E-state index contributed by atoms with van der Waals surface area (Å²) >= 11 is 0. The van der Waals surface area contributed by atoms with E-state index in [1.165, 1.54) is 80.5 Å². The Bertz CT molecular complexity index is 3500. The fourth-order valence-electron chi connectivity index (χ4n) is 9.72. The van der Waals surface area contributed by atoms with Gasteiger partial charge in [0.25, 0.3) is 0 Å². The van der Waals surface area contributed by atoms with Gasteiger partial charge in [-0.05, 0) is 79.1 Å². The van der Waals surface area contributed by atoms with Gasteiger partial charge in [-0.15, -0.1) is 0 Å². The SMILES string of the molecule is CC[C@H](C)[C@H](NC(=O)[C@H](Cc1c[nH]c2ccccc12)NC(=O)[C@H](CCCN=C(N)N)NC(=O)[C@H](CCC(=O)O)NC(=O)[C@H](Cc1ccc(O)cc1)NC(=O)[C@H](Cc1cnc[nH]1)NC(=O)[C@H](Cc1ccc(O)cc1)NC(=O)[C@H](C)N)C(=O)N[C@@H](Cc1cnc[nH]1)C(=O)O. The molecule has 3 aromatic heterocycles. The van der Waals surface area contributed by atoms with Crippen molar-refractivity contribution in [3.8, 4) is 11.5 Å². The summed E-state index contributed by atoms with van der Waals surface area (Å²) in [7, 11) is 0. The molecule has 3 aromatic carbocycles. The van der Waals surface area contributed by atoms with Crippen molar-refractivity contribution in [3.05, 3.63) is 132 Å². The molecule has 3 heterocycles. The summed E-state index contributed by atoms with van der Waals surface area (Å²) < 4.78 is 0. The molecule has 10 atom stereocenters. The lowest BCUT2D eigenvalue weighted by atomic mass is 9.96. The number of carbonyl (C=O) groups is 10. The number of aromatic nitrogens is 5. The summed E-state index contributed by atoms with van der Waals surface area (Å²) in [5.41, 5.74) is 19.9. The maximum absolute atomic E-state index is 14.9. The number of carboxylic acid groups (broad SMARTS) is 2. The second kappa shape index (κ2) is 34.2. The molecule has 0 saturated heterocycles. The standard InChI is InChI=1S/C61H79N17O14/c1-4-32(2)51(59(90)77-49(60(91)92)26-38-29-66-31-70-38)78-58(89)47(24-36-27-68-42-9-6-5-8-41(36)42)75-53(84)43(10-7-21-67-61(63)64)71-54(85)44(19-20-50(81)82)72-55(86)46(23-35-13-17-40(80)18-14-35)74-57(88)48(25-37-28-65-30-69-37)76-56(87)45(73-52(83)33(3)62)22-34-11-15-39(79)16-12-34/h5-6,8-9,11-18,27-33,43-49,51,68,79-80H,4,7,10,19-26,62H2,1-3H3,(H,65,69)(H,66,70)(H,71,85)(H,72,86)(H,73,83)(H,74,88)(H,75,84)(H,76,87)(H,77,90)(H,78,89)(H,81,82)(H,91,92)(H4,63,64,67)/t32-,33-,43-,44-,45-,46-,47-,48-,49-,51-/m0/s1. The van der Waals surface area contributed by atoms with Gasteiger partial charge in [-0.2, -0.15) is 0 Å². The molecule has 6 rings (SSSR count). The van der Waals surface area contributed by atoms with Crippen LogP contribution >= 0.6 is 0 Å². The number of benzene rings is 3. The topological polar surface area (TPSA) is 511 Å². The fraction of sp³-hybridized carbons (Fsp3) is 0.393. The van der Waals surface area contributed by atoms with Gasteiger partial charge < -0.3 is 95.1 Å². The number of nitrogens with zero attached hydrogens (tertiary/aromatic N) is 3. The number of nitrogens with one attached hydrogen (secondary N) is 11. The number of aromatic hydroxyl groups is 2. The third-order valence-corrected chi connectivity index (χ3v) is 15.0. The molecule has 31 heteroatoms. The number of imidazole rings is 2. The van der Waals surface area contributed by atoms with Crippen molar-refractivity contribution in [2.24, 2.45) is 28.1 Å². The summed E-state index contributed by atoms with van der Waals surface area (Å²) in [6.07, 6.45) is 4.82.